The first kappa shape index (κ1) is 14.1. The largest absolute Gasteiger partial charge is 0.496 e. The van der Waals surface area contributed by atoms with Gasteiger partial charge in [-0.2, -0.15) is 0 Å². The highest BCUT2D eigenvalue weighted by molar-refractivity contribution is 14.1. The minimum absolute atomic E-state index is 0.595. The number of hydrogen-bond donors (Lipinski definition) is 0. The van der Waals surface area contributed by atoms with E-state index in [0.29, 0.717) is 5.89 Å². The first-order valence-electron chi connectivity index (χ1n) is 6.58. The number of hydrogen-bond acceptors (Lipinski definition) is 3. The van der Waals surface area contributed by atoms with E-state index in [-0.39, 0.29) is 0 Å². The number of alkyl halides is 1. The standard InChI is InChI=1S/C17H14INO2/c1-20-15-10-6-5-9-13(15)17-19-14(11-18)16(21-17)12-7-3-2-4-8-12/h2-10H,11H2,1H3. The zero-order valence-electron chi connectivity index (χ0n) is 11.5. The first-order chi connectivity index (χ1) is 10.3. The molecular weight excluding hydrogens is 377 g/mol. The van der Waals surface area contributed by atoms with Gasteiger partial charge in [-0.15, -0.1) is 0 Å². The molecule has 2 aromatic carbocycles. The van der Waals surface area contributed by atoms with E-state index >= 15 is 0 Å². The maximum absolute atomic E-state index is 6.02. The fraction of sp³-hybridized carbons (Fsp3) is 0.118. The molecule has 1 aromatic heterocycles. The summed E-state index contributed by atoms with van der Waals surface area (Å²) < 4.78 is 12.2. The topological polar surface area (TPSA) is 35.3 Å². The van der Waals surface area contributed by atoms with Crippen molar-refractivity contribution in [3.63, 3.8) is 0 Å². The maximum Gasteiger partial charge on any atom is 0.230 e. The van der Waals surface area contributed by atoms with Crippen LogP contribution in [0.2, 0.25) is 0 Å². The Morgan fingerprint density at radius 3 is 2.48 bits per heavy atom. The molecule has 3 aromatic rings. The average Bonchev–Trinajstić information content (AvgIpc) is 2.99. The van der Waals surface area contributed by atoms with Gasteiger partial charge >= 0.3 is 0 Å². The van der Waals surface area contributed by atoms with Crippen LogP contribution >= 0.6 is 22.6 Å². The van der Waals surface area contributed by atoms with Crippen LogP contribution in [0, 0.1) is 0 Å². The van der Waals surface area contributed by atoms with Crippen LogP contribution in [-0.2, 0) is 4.43 Å². The molecule has 0 unspecified atom stereocenters. The van der Waals surface area contributed by atoms with E-state index in [1.807, 2.05) is 54.6 Å². The van der Waals surface area contributed by atoms with Crippen molar-refractivity contribution in [3.8, 4) is 28.5 Å². The summed E-state index contributed by atoms with van der Waals surface area (Å²) in [5, 5.41) is 0. The van der Waals surface area contributed by atoms with Crippen molar-refractivity contribution in [3.05, 3.63) is 60.3 Å². The summed E-state index contributed by atoms with van der Waals surface area (Å²) in [6.07, 6.45) is 0. The third kappa shape index (κ3) is 2.81. The molecule has 0 aliphatic heterocycles. The molecule has 3 rings (SSSR count). The summed E-state index contributed by atoms with van der Waals surface area (Å²) in [5.74, 6) is 2.18. The Labute approximate surface area is 137 Å². The van der Waals surface area contributed by atoms with Crippen molar-refractivity contribution >= 4 is 22.6 Å². The summed E-state index contributed by atoms with van der Waals surface area (Å²) in [6.45, 7) is 0. The molecule has 0 atom stereocenters. The first-order valence-corrected chi connectivity index (χ1v) is 8.10. The van der Waals surface area contributed by atoms with Crippen molar-refractivity contribution < 1.29 is 9.15 Å². The number of oxazole rings is 1. The van der Waals surface area contributed by atoms with Crippen molar-refractivity contribution in [1.82, 2.24) is 4.98 Å². The molecule has 0 spiro atoms. The number of benzene rings is 2. The van der Waals surface area contributed by atoms with E-state index < -0.39 is 0 Å². The smallest absolute Gasteiger partial charge is 0.230 e. The highest BCUT2D eigenvalue weighted by Gasteiger charge is 2.17. The van der Waals surface area contributed by atoms with E-state index in [2.05, 4.69) is 27.6 Å². The summed E-state index contributed by atoms with van der Waals surface area (Å²) >= 11 is 2.30. The van der Waals surface area contributed by atoms with Gasteiger partial charge in [-0.25, -0.2) is 4.98 Å². The van der Waals surface area contributed by atoms with E-state index in [0.717, 1.165) is 32.8 Å². The lowest BCUT2D eigenvalue weighted by Gasteiger charge is -2.03. The van der Waals surface area contributed by atoms with Crippen LogP contribution < -0.4 is 4.74 Å². The summed E-state index contributed by atoms with van der Waals surface area (Å²) in [4.78, 5) is 4.63. The van der Waals surface area contributed by atoms with Gasteiger partial charge in [0.15, 0.2) is 5.76 Å². The zero-order valence-corrected chi connectivity index (χ0v) is 13.7. The number of rotatable bonds is 4. The van der Waals surface area contributed by atoms with Gasteiger partial charge in [-0.1, -0.05) is 65.1 Å². The lowest BCUT2D eigenvalue weighted by molar-refractivity contribution is 0.414. The van der Waals surface area contributed by atoms with Crippen molar-refractivity contribution in [1.29, 1.82) is 0 Å². The second kappa shape index (κ2) is 6.30. The molecular formula is C17H14INO2. The van der Waals surface area contributed by atoms with Gasteiger partial charge in [0, 0.05) is 9.99 Å². The van der Waals surface area contributed by atoms with Gasteiger partial charge < -0.3 is 9.15 Å². The minimum atomic E-state index is 0.595. The number of aromatic nitrogens is 1. The fourth-order valence-electron chi connectivity index (χ4n) is 2.19. The summed E-state index contributed by atoms with van der Waals surface area (Å²) in [5.41, 5.74) is 2.86. The highest BCUT2D eigenvalue weighted by atomic mass is 127. The molecule has 0 aliphatic carbocycles. The highest BCUT2D eigenvalue weighted by Crippen LogP contribution is 2.34. The average molecular weight is 391 g/mol. The van der Waals surface area contributed by atoms with Crippen LogP contribution in [0.15, 0.2) is 59.0 Å². The molecule has 0 saturated heterocycles. The zero-order chi connectivity index (χ0) is 14.7. The third-order valence-corrected chi connectivity index (χ3v) is 3.92. The predicted octanol–water partition coefficient (Wildman–Crippen LogP) is 4.95. The number of nitrogens with zero attached hydrogens (tertiary/aromatic N) is 1. The number of ether oxygens (including phenoxy) is 1. The SMILES string of the molecule is COc1ccccc1-c1nc(CI)c(-c2ccccc2)o1. The van der Waals surface area contributed by atoms with Crippen LogP contribution in [0.1, 0.15) is 5.69 Å². The molecule has 0 saturated carbocycles. The molecule has 106 valence electrons. The Balaban J connectivity index is 2.12. The second-order valence-electron chi connectivity index (χ2n) is 4.49. The van der Waals surface area contributed by atoms with Gasteiger partial charge in [0.05, 0.1) is 18.4 Å². The van der Waals surface area contributed by atoms with Crippen LogP contribution in [-0.4, -0.2) is 12.1 Å². The van der Waals surface area contributed by atoms with Crippen molar-refractivity contribution in [2.24, 2.45) is 0 Å². The van der Waals surface area contributed by atoms with Crippen LogP contribution in [0.4, 0.5) is 0 Å². The maximum atomic E-state index is 6.02. The van der Waals surface area contributed by atoms with Gasteiger partial charge in [-0.05, 0) is 12.1 Å². The van der Waals surface area contributed by atoms with E-state index in [1.165, 1.54) is 0 Å². The lowest BCUT2D eigenvalue weighted by atomic mass is 10.1. The Morgan fingerprint density at radius 2 is 1.76 bits per heavy atom. The Kier molecular flexibility index (Phi) is 4.24. The van der Waals surface area contributed by atoms with Crippen LogP contribution in [0.25, 0.3) is 22.8 Å². The summed E-state index contributed by atoms with van der Waals surface area (Å²) in [6, 6.07) is 17.8. The molecule has 0 fully saturated rings. The molecule has 4 heteroatoms. The minimum Gasteiger partial charge on any atom is -0.496 e. The van der Waals surface area contributed by atoms with E-state index in [4.69, 9.17) is 9.15 Å². The monoisotopic (exact) mass is 391 g/mol. The summed E-state index contributed by atoms with van der Waals surface area (Å²) in [7, 11) is 1.65. The molecule has 0 N–H and O–H groups in total. The fourth-order valence-corrected chi connectivity index (χ4v) is 2.71. The number of methoxy groups -OCH3 is 1. The van der Waals surface area contributed by atoms with Gasteiger partial charge in [-0.3, -0.25) is 0 Å². The van der Waals surface area contributed by atoms with Gasteiger partial charge in [0.1, 0.15) is 5.75 Å². The molecule has 0 radical (unpaired) electrons. The second-order valence-corrected chi connectivity index (χ2v) is 5.26. The molecule has 3 nitrogen and oxygen atoms in total. The molecule has 0 amide bonds. The van der Waals surface area contributed by atoms with Crippen molar-refractivity contribution in [2.45, 2.75) is 4.43 Å². The Morgan fingerprint density at radius 1 is 1.05 bits per heavy atom. The Hall–Kier alpha value is -1.82. The normalized spacial score (nSPS) is 10.6. The molecule has 0 aliphatic rings. The van der Waals surface area contributed by atoms with Gasteiger partial charge in [0.2, 0.25) is 5.89 Å². The molecule has 0 bridgehead atoms. The number of para-hydroxylation sites is 1. The quantitative estimate of drug-likeness (QED) is 0.466. The van der Waals surface area contributed by atoms with Crippen LogP contribution in [0.3, 0.4) is 0 Å². The molecule has 1 heterocycles. The predicted molar refractivity (Wildman–Crippen MR) is 91.7 cm³/mol. The van der Waals surface area contributed by atoms with E-state index in [9.17, 15) is 0 Å². The van der Waals surface area contributed by atoms with Gasteiger partial charge in [0.25, 0.3) is 0 Å². The third-order valence-electron chi connectivity index (χ3n) is 3.20. The van der Waals surface area contributed by atoms with E-state index in [1.54, 1.807) is 7.11 Å². The van der Waals surface area contributed by atoms with Crippen LogP contribution in [0.5, 0.6) is 5.75 Å². The Bertz CT molecular complexity index is 738. The lowest BCUT2D eigenvalue weighted by Crippen LogP contribution is -1.87. The number of halogens is 1. The van der Waals surface area contributed by atoms with Crippen molar-refractivity contribution in [2.75, 3.05) is 7.11 Å². The molecule has 21 heavy (non-hydrogen) atoms.